The van der Waals surface area contributed by atoms with Crippen molar-refractivity contribution in [2.45, 2.75) is 6.42 Å². The van der Waals surface area contributed by atoms with Crippen LogP contribution >= 0.6 is 46.4 Å². The van der Waals surface area contributed by atoms with Crippen LogP contribution in [-0.4, -0.2) is 23.6 Å². The standard InChI is InChI=1S/C34H22Cl4N2O4/c35-22-10-6-16(12-24(22)37)39-31(41)21-14-20(15-4-2-1-3-5-15)26-18-8-9-19(27(26)30(21)34(39)44)29-28(18)32(42)40(33(29)43)17-7-11-23(36)25(38)13-17/h1-13,18-19,21,27-30H,14H2/t18-,19-,21-,27-,28-,29+,30-/m1/s1. The van der Waals surface area contributed by atoms with Crippen molar-refractivity contribution in [2.75, 3.05) is 9.80 Å². The minimum Gasteiger partial charge on any atom is -0.274 e. The fourth-order valence-electron chi connectivity index (χ4n) is 8.27. The summed E-state index contributed by atoms with van der Waals surface area (Å²) >= 11 is 24.8. The van der Waals surface area contributed by atoms with E-state index in [1.165, 1.54) is 21.9 Å². The van der Waals surface area contributed by atoms with Crippen LogP contribution < -0.4 is 9.80 Å². The summed E-state index contributed by atoms with van der Waals surface area (Å²) in [4.78, 5) is 59.1. The normalized spacial score (nSPS) is 30.3. The molecular weight excluding hydrogens is 642 g/mol. The summed E-state index contributed by atoms with van der Waals surface area (Å²) in [5.41, 5.74) is 3.59. The molecule has 3 aromatic carbocycles. The highest BCUT2D eigenvalue weighted by Crippen LogP contribution is 2.63. The van der Waals surface area contributed by atoms with E-state index < -0.39 is 41.4 Å². The third-order valence-corrected chi connectivity index (χ3v) is 11.4. The number of fused-ring (bicyclic) bond motifs is 1. The fourth-order valence-corrected chi connectivity index (χ4v) is 8.86. The Morgan fingerprint density at radius 3 is 1.75 bits per heavy atom. The Labute approximate surface area is 272 Å². The molecule has 6 nitrogen and oxygen atoms in total. The van der Waals surface area contributed by atoms with E-state index in [1.807, 2.05) is 42.5 Å². The number of anilines is 2. The third-order valence-electron chi connectivity index (χ3n) is 9.95. The maximum atomic E-state index is 14.3. The van der Waals surface area contributed by atoms with Crippen molar-refractivity contribution in [3.8, 4) is 0 Å². The molecule has 4 aliphatic carbocycles. The van der Waals surface area contributed by atoms with Gasteiger partial charge < -0.3 is 0 Å². The number of nitrogens with zero attached hydrogens (tertiary/aromatic N) is 2. The summed E-state index contributed by atoms with van der Waals surface area (Å²) in [5.74, 6) is -5.21. The van der Waals surface area contributed by atoms with Gasteiger partial charge in [-0.25, -0.2) is 9.80 Å². The molecule has 2 bridgehead atoms. The molecule has 0 unspecified atom stereocenters. The van der Waals surface area contributed by atoms with E-state index in [-0.39, 0.29) is 33.7 Å². The van der Waals surface area contributed by atoms with Gasteiger partial charge in [0, 0.05) is 11.8 Å². The lowest BCUT2D eigenvalue weighted by atomic mass is 9.49. The topological polar surface area (TPSA) is 74.8 Å². The molecule has 0 radical (unpaired) electrons. The van der Waals surface area contributed by atoms with Gasteiger partial charge in [0.05, 0.1) is 55.1 Å². The van der Waals surface area contributed by atoms with Crippen molar-refractivity contribution in [3.63, 3.8) is 0 Å². The lowest BCUT2D eigenvalue weighted by Gasteiger charge is -2.51. The molecule has 9 rings (SSSR count). The molecule has 2 saturated heterocycles. The highest BCUT2D eigenvalue weighted by Gasteiger charge is 2.67. The molecule has 2 heterocycles. The molecule has 4 amide bonds. The summed E-state index contributed by atoms with van der Waals surface area (Å²) in [7, 11) is 0. The molecule has 3 fully saturated rings. The highest BCUT2D eigenvalue weighted by atomic mass is 35.5. The number of hydrogen-bond acceptors (Lipinski definition) is 4. The zero-order valence-corrected chi connectivity index (χ0v) is 25.8. The van der Waals surface area contributed by atoms with Crippen molar-refractivity contribution in [3.05, 3.63) is 110 Å². The first-order valence-electron chi connectivity index (χ1n) is 14.3. The highest BCUT2D eigenvalue weighted by molar-refractivity contribution is 6.43. The van der Waals surface area contributed by atoms with Gasteiger partial charge in [-0.1, -0.05) is 94.5 Å². The van der Waals surface area contributed by atoms with Crippen LogP contribution in [0.25, 0.3) is 5.57 Å². The van der Waals surface area contributed by atoms with E-state index in [4.69, 9.17) is 46.4 Å². The molecule has 0 aromatic heterocycles. The summed E-state index contributed by atoms with van der Waals surface area (Å²) in [6.07, 6.45) is 4.34. The Bertz CT molecular complexity index is 1890. The molecule has 44 heavy (non-hydrogen) atoms. The number of allylic oxidation sites excluding steroid dienone is 4. The molecule has 1 saturated carbocycles. The lowest BCUT2D eigenvalue weighted by Crippen LogP contribution is -2.51. The Morgan fingerprint density at radius 2 is 1.14 bits per heavy atom. The number of halogens is 4. The van der Waals surface area contributed by atoms with Crippen LogP contribution in [0.1, 0.15) is 12.0 Å². The second kappa shape index (κ2) is 10.0. The zero-order valence-electron chi connectivity index (χ0n) is 22.8. The first kappa shape index (κ1) is 28.1. The number of imide groups is 2. The smallest absolute Gasteiger partial charge is 0.238 e. The molecule has 220 valence electrons. The van der Waals surface area contributed by atoms with Gasteiger partial charge in [0.25, 0.3) is 0 Å². The van der Waals surface area contributed by atoms with Crippen molar-refractivity contribution >= 4 is 87.0 Å². The Hall–Kier alpha value is -3.42. The van der Waals surface area contributed by atoms with Gasteiger partial charge in [0.2, 0.25) is 23.6 Å². The number of carbonyl (C=O) groups excluding carboxylic acids is 4. The molecule has 2 aliphatic heterocycles. The fraction of sp³-hybridized carbons (Fsp3) is 0.235. The second-order valence-electron chi connectivity index (χ2n) is 11.9. The van der Waals surface area contributed by atoms with Crippen LogP contribution in [0.3, 0.4) is 0 Å². The predicted octanol–water partition coefficient (Wildman–Crippen LogP) is 7.50. The summed E-state index contributed by atoms with van der Waals surface area (Å²) < 4.78 is 0. The minimum absolute atomic E-state index is 0.239. The van der Waals surface area contributed by atoms with Crippen molar-refractivity contribution in [1.29, 1.82) is 0 Å². The van der Waals surface area contributed by atoms with Gasteiger partial charge in [-0.05, 0) is 59.9 Å². The quantitative estimate of drug-likeness (QED) is 0.215. The van der Waals surface area contributed by atoms with E-state index in [9.17, 15) is 19.2 Å². The van der Waals surface area contributed by atoms with E-state index in [0.29, 0.717) is 27.8 Å². The van der Waals surface area contributed by atoms with Crippen LogP contribution in [0.4, 0.5) is 11.4 Å². The Kier molecular flexibility index (Phi) is 6.41. The van der Waals surface area contributed by atoms with Crippen LogP contribution in [0.15, 0.2) is 84.5 Å². The van der Waals surface area contributed by atoms with Crippen molar-refractivity contribution in [2.24, 2.45) is 41.4 Å². The SMILES string of the molecule is O=C1[C@H]2[C@@H]3C=C[C@H](C4=C(c5ccccc5)C[C@H]5C(=O)N(c6ccc(Cl)c(Cl)c6)C(=O)[C@H]5[C@@H]43)[C@H]2C(=O)N1c1ccc(Cl)c(Cl)c1. The van der Waals surface area contributed by atoms with Crippen LogP contribution in [-0.2, 0) is 19.2 Å². The number of carbonyl (C=O) groups is 4. The molecular formula is C34H22Cl4N2O4. The van der Waals surface area contributed by atoms with Gasteiger partial charge >= 0.3 is 0 Å². The molecule has 3 aromatic rings. The average Bonchev–Trinajstić information content (AvgIpc) is 3.45. The molecule has 10 heteroatoms. The van der Waals surface area contributed by atoms with Crippen molar-refractivity contribution < 1.29 is 19.2 Å². The lowest BCUT2D eigenvalue weighted by molar-refractivity contribution is -0.129. The maximum absolute atomic E-state index is 14.3. The van der Waals surface area contributed by atoms with Crippen LogP contribution in [0.5, 0.6) is 0 Å². The number of hydrogen-bond donors (Lipinski definition) is 0. The Balaban J connectivity index is 1.28. The number of amides is 4. The zero-order chi connectivity index (χ0) is 30.6. The van der Waals surface area contributed by atoms with Gasteiger partial charge in [-0.3, -0.25) is 19.2 Å². The first-order valence-corrected chi connectivity index (χ1v) is 15.8. The summed E-state index contributed by atoms with van der Waals surface area (Å²) in [6, 6.07) is 19.2. The second-order valence-corrected chi connectivity index (χ2v) is 13.6. The maximum Gasteiger partial charge on any atom is 0.238 e. The van der Waals surface area contributed by atoms with Gasteiger partial charge in [0.15, 0.2) is 0 Å². The first-order chi connectivity index (χ1) is 21.2. The third kappa shape index (κ3) is 3.81. The molecule has 0 N–H and O–H groups in total. The minimum atomic E-state index is -0.695. The molecule has 6 aliphatic rings. The summed E-state index contributed by atoms with van der Waals surface area (Å²) in [5, 5.41) is 1.12. The molecule has 0 spiro atoms. The largest absolute Gasteiger partial charge is 0.274 e. The number of rotatable bonds is 3. The van der Waals surface area contributed by atoms with E-state index in [2.05, 4.69) is 0 Å². The van der Waals surface area contributed by atoms with Crippen molar-refractivity contribution in [1.82, 2.24) is 0 Å². The van der Waals surface area contributed by atoms with E-state index in [0.717, 1.165) is 16.7 Å². The van der Waals surface area contributed by atoms with E-state index >= 15 is 0 Å². The van der Waals surface area contributed by atoms with Gasteiger partial charge in [0.1, 0.15) is 0 Å². The van der Waals surface area contributed by atoms with E-state index in [1.54, 1.807) is 24.3 Å². The average molecular weight is 664 g/mol. The van der Waals surface area contributed by atoms with Gasteiger partial charge in [-0.2, -0.15) is 0 Å². The Morgan fingerprint density at radius 1 is 0.568 bits per heavy atom. The number of benzene rings is 3. The van der Waals surface area contributed by atoms with Crippen LogP contribution in [0.2, 0.25) is 20.1 Å². The predicted molar refractivity (Wildman–Crippen MR) is 169 cm³/mol. The van der Waals surface area contributed by atoms with Gasteiger partial charge in [-0.15, -0.1) is 0 Å². The summed E-state index contributed by atoms with van der Waals surface area (Å²) in [6.45, 7) is 0. The monoisotopic (exact) mass is 662 g/mol. The molecule has 7 atom stereocenters. The van der Waals surface area contributed by atoms with Crippen LogP contribution in [0, 0.1) is 41.4 Å².